The van der Waals surface area contributed by atoms with Gasteiger partial charge in [-0.3, -0.25) is 4.98 Å². The minimum atomic E-state index is 0.128. The molecule has 1 aromatic carbocycles. The van der Waals surface area contributed by atoms with Crippen LogP contribution < -0.4 is 5.32 Å². The quantitative estimate of drug-likeness (QED) is 0.771. The van der Waals surface area contributed by atoms with Gasteiger partial charge in [-0.15, -0.1) is 11.3 Å². The number of fused-ring (bicyclic) bond motifs is 1. The molecule has 3 aromatic rings. The molecule has 3 nitrogen and oxygen atoms in total. The Morgan fingerprint density at radius 2 is 2.14 bits per heavy atom. The summed E-state index contributed by atoms with van der Waals surface area (Å²) in [6.07, 6.45) is 2.94. The van der Waals surface area contributed by atoms with Crippen LogP contribution in [0.4, 0.5) is 0 Å². The normalized spacial score (nSPS) is 12.7. The Kier molecular flexibility index (Phi) is 4.27. The highest BCUT2D eigenvalue weighted by atomic mass is 32.1. The fraction of sp³-hybridized carbons (Fsp3) is 0.294. The van der Waals surface area contributed by atoms with E-state index in [4.69, 9.17) is 0 Å². The highest BCUT2D eigenvalue weighted by Gasteiger charge is 2.18. The number of hydrogen-bond acceptors (Lipinski definition) is 4. The van der Waals surface area contributed by atoms with Gasteiger partial charge in [0, 0.05) is 17.0 Å². The van der Waals surface area contributed by atoms with Crippen LogP contribution in [0.3, 0.4) is 0 Å². The van der Waals surface area contributed by atoms with E-state index in [0.29, 0.717) is 0 Å². The van der Waals surface area contributed by atoms with Crippen molar-refractivity contribution in [2.24, 2.45) is 0 Å². The highest BCUT2D eigenvalue weighted by Crippen LogP contribution is 2.28. The van der Waals surface area contributed by atoms with E-state index in [-0.39, 0.29) is 6.04 Å². The molecule has 108 valence electrons. The Morgan fingerprint density at radius 3 is 2.90 bits per heavy atom. The van der Waals surface area contributed by atoms with Crippen molar-refractivity contribution in [2.75, 3.05) is 6.54 Å². The number of aryl methyl sites for hydroxylation is 1. The summed E-state index contributed by atoms with van der Waals surface area (Å²) in [5.74, 6) is 0. The van der Waals surface area contributed by atoms with Gasteiger partial charge in [0.2, 0.25) is 0 Å². The predicted molar refractivity (Wildman–Crippen MR) is 88.7 cm³/mol. The van der Waals surface area contributed by atoms with Crippen molar-refractivity contribution in [3.63, 3.8) is 0 Å². The topological polar surface area (TPSA) is 37.8 Å². The predicted octanol–water partition coefficient (Wildman–Crippen LogP) is 4.09. The molecular weight excluding hydrogens is 278 g/mol. The van der Waals surface area contributed by atoms with Gasteiger partial charge in [0.15, 0.2) is 0 Å². The molecule has 2 heterocycles. The van der Waals surface area contributed by atoms with E-state index < -0.39 is 0 Å². The van der Waals surface area contributed by atoms with Crippen LogP contribution >= 0.6 is 11.3 Å². The summed E-state index contributed by atoms with van der Waals surface area (Å²) in [5.41, 5.74) is 3.38. The van der Waals surface area contributed by atoms with Crippen LogP contribution in [0.15, 0.2) is 41.9 Å². The van der Waals surface area contributed by atoms with E-state index in [9.17, 15) is 0 Å². The molecule has 2 aromatic heterocycles. The minimum Gasteiger partial charge on any atom is -0.305 e. The maximum atomic E-state index is 4.68. The number of thiazole rings is 1. The first-order valence-corrected chi connectivity index (χ1v) is 8.16. The van der Waals surface area contributed by atoms with Crippen LogP contribution in [0.1, 0.15) is 35.7 Å². The van der Waals surface area contributed by atoms with Gasteiger partial charge in [0.25, 0.3) is 0 Å². The molecule has 1 N–H and O–H groups in total. The number of pyridine rings is 1. The second-order valence-electron chi connectivity index (χ2n) is 5.10. The fourth-order valence-electron chi connectivity index (χ4n) is 2.55. The van der Waals surface area contributed by atoms with E-state index in [0.717, 1.165) is 29.2 Å². The lowest BCUT2D eigenvalue weighted by Crippen LogP contribution is -2.23. The van der Waals surface area contributed by atoms with E-state index >= 15 is 0 Å². The molecule has 0 aliphatic rings. The first-order valence-electron chi connectivity index (χ1n) is 7.28. The Balaban J connectivity index is 2.09. The molecular formula is C17H19N3S. The van der Waals surface area contributed by atoms with Crippen molar-refractivity contribution >= 4 is 22.2 Å². The van der Waals surface area contributed by atoms with Crippen LogP contribution in [0.25, 0.3) is 10.9 Å². The third kappa shape index (κ3) is 2.96. The van der Waals surface area contributed by atoms with Gasteiger partial charge in [-0.2, -0.15) is 0 Å². The van der Waals surface area contributed by atoms with Crippen molar-refractivity contribution in [1.82, 2.24) is 15.3 Å². The standard InChI is InChI=1S/C17H19N3S/c1-3-9-19-17(16-11-21-12(2)20-16)14-6-4-8-15-13(14)7-5-10-18-15/h4-8,10-11,17,19H,3,9H2,1-2H3. The van der Waals surface area contributed by atoms with Crippen LogP contribution in [0, 0.1) is 6.92 Å². The second kappa shape index (κ2) is 6.33. The molecule has 21 heavy (non-hydrogen) atoms. The van der Waals surface area contributed by atoms with Gasteiger partial charge in [-0.25, -0.2) is 4.98 Å². The van der Waals surface area contributed by atoms with E-state index in [1.807, 2.05) is 12.3 Å². The zero-order chi connectivity index (χ0) is 14.7. The van der Waals surface area contributed by atoms with Gasteiger partial charge in [-0.05, 0) is 37.6 Å². The summed E-state index contributed by atoms with van der Waals surface area (Å²) < 4.78 is 0. The monoisotopic (exact) mass is 297 g/mol. The SMILES string of the molecule is CCCNC(c1csc(C)n1)c1cccc2ncccc12. The maximum absolute atomic E-state index is 4.68. The van der Waals surface area contributed by atoms with E-state index in [2.05, 4.69) is 58.8 Å². The lowest BCUT2D eigenvalue weighted by molar-refractivity contribution is 0.591. The smallest absolute Gasteiger partial charge is 0.0898 e. The molecule has 1 atom stereocenters. The molecule has 1 unspecified atom stereocenters. The number of hydrogen-bond donors (Lipinski definition) is 1. The van der Waals surface area contributed by atoms with Crippen molar-refractivity contribution in [1.29, 1.82) is 0 Å². The Morgan fingerprint density at radius 1 is 1.24 bits per heavy atom. The third-order valence-electron chi connectivity index (χ3n) is 3.52. The molecule has 0 radical (unpaired) electrons. The zero-order valence-corrected chi connectivity index (χ0v) is 13.2. The molecule has 0 saturated heterocycles. The zero-order valence-electron chi connectivity index (χ0n) is 12.3. The van der Waals surface area contributed by atoms with Gasteiger partial charge in [-0.1, -0.05) is 25.1 Å². The summed E-state index contributed by atoms with van der Waals surface area (Å²) in [7, 11) is 0. The van der Waals surface area contributed by atoms with Crippen molar-refractivity contribution in [3.8, 4) is 0 Å². The Hall–Kier alpha value is -1.78. The second-order valence-corrected chi connectivity index (χ2v) is 6.16. The molecule has 3 rings (SSSR count). The lowest BCUT2D eigenvalue weighted by Gasteiger charge is -2.19. The maximum Gasteiger partial charge on any atom is 0.0898 e. The summed E-state index contributed by atoms with van der Waals surface area (Å²) in [4.78, 5) is 9.14. The first kappa shape index (κ1) is 14.2. The van der Waals surface area contributed by atoms with E-state index in [1.165, 1.54) is 10.9 Å². The largest absolute Gasteiger partial charge is 0.305 e. The summed E-state index contributed by atoms with van der Waals surface area (Å²) in [6.45, 7) is 5.20. The summed E-state index contributed by atoms with van der Waals surface area (Å²) in [6, 6.07) is 10.6. The van der Waals surface area contributed by atoms with Crippen molar-refractivity contribution < 1.29 is 0 Å². The molecule has 0 saturated carbocycles. The minimum absolute atomic E-state index is 0.128. The molecule has 0 aliphatic heterocycles. The molecule has 0 amide bonds. The molecule has 0 bridgehead atoms. The Labute approximate surface area is 129 Å². The van der Waals surface area contributed by atoms with Crippen LogP contribution in [0.2, 0.25) is 0 Å². The fourth-order valence-corrected chi connectivity index (χ4v) is 3.19. The van der Waals surface area contributed by atoms with Gasteiger partial charge >= 0.3 is 0 Å². The average Bonchev–Trinajstić information content (AvgIpc) is 2.94. The Bertz CT molecular complexity index is 730. The number of nitrogens with one attached hydrogen (secondary N) is 1. The van der Waals surface area contributed by atoms with Crippen LogP contribution in [-0.2, 0) is 0 Å². The summed E-state index contributed by atoms with van der Waals surface area (Å²) in [5, 5.41) is 8.07. The number of benzene rings is 1. The lowest BCUT2D eigenvalue weighted by atomic mass is 9.99. The average molecular weight is 297 g/mol. The van der Waals surface area contributed by atoms with Crippen LogP contribution in [0.5, 0.6) is 0 Å². The number of aromatic nitrogens is 2. The van der Waals surface area contributed by atoms with Crippen molar-refractivity contribution in [3.05, 3.63) is 58.2 Å². The highest BCUT2D eigenvalue weighted by molar-refractivity contribution is 7.09. The van der Waals surface area contributed by atoms with Gasteiger partial charge in [0.1, 0.15) is 0 Å². The molecule has 0 spiro atoms. The van der Waals surface area contributed by atoms with Gasteiger partial charge in [0.05, 0.1) is 22.3 Å². The van der Waals surface area contributed by atoms with Crippen molar-refractivity contribution in [2.45, 2.75) is 26.3 Å². The number of rotatable bonds is 5. The van der Waals surface area contributed by atoms with Gasteiger partial charge < -0.3 is 5.32 Å². The molecule has 0 fully saturated rings. The first-order chi connectivity index (χ1) is 10.3. The molecule has 0 aliphatic carbocycles. The molecule has 4 heteroatoms. The number of nitrogens with zero attached hydrogens (tertiary/aromatic N) is 2. The third-order valence-corrected chi connectivity index (χ3v) is 4.31. The van der Waals surface area contributed by atoms with Crippen LogP contribution in [-0.4, -0.2) is 16.5 Å². The van der Waals surface area contributed by atoms with E-state index in [1.54, 1.807) is 11.3 Å². The summed E-state index contributed by atoms with van der Waals surface area (Å²) >= 11 is 1.70.